The second-order valence-corrected chi connectivity index (χ2v) is 13.4. The lowest BCUT2D eigenvalue weighted by Gasteiger charge is -2.44. The van der Waals surface area contributed by atoms with E-state index in [1.165, 1.54) is 49.9 Å². The van der Waals surface area contributed by atoms with Gasteiger partial charge in [-0.05, 0) is 107 Å². The Kier molecular flexibility index (Phi) is 13.4. The molecule has 2 aromatic rings. The molecule has 43 heavy (non-hydrogen) atoms. The highest BCUT2D eigenvalue weighted by Gasteiger charge is 2.40. The lowest BCUT2D eigenvalue weighted by atomic mass is 9.76. The SMILES string of the molecule is CCC[C@@H]1CCC[C@H]([C@H](O)c2cccc(F)c2)C1.CCC[C@@H]1CCC[C@H]([C@H](O)c2cccc(F)c2)N1C(=O)OC(C)(C)C. The summed E-state index contributed by atoms with van der Waals surface area (Å²) < 4.78 is 32.3. The number of hydrogen-bond donors (Lipinski definition) is 2. The highest BCUT2D eigenvalue weighted by atomic mass is 19.1. The molecule has 4 rings (SSSR count). The van der Waals surface area contributed by atoms with Crippen molar-refractivity contribution in [2.75, 3.05) is 0 Å². The fraction of sp³-hybridized carbons (Fsp3) is 0.639. The van der Waals surface area contributed by atoms with Crippen molar-refractivity contribution < 1.29 is 28.5 Å². The van der Waals surface area contributed by atoms with Crippen LogP contribution in [0.25, 0.3) is 0 Å². The number of aliphatic hydroxyl groups excluding tert-OH is 2. The molecule has 0 radical (unpaired) electrons. The van der Waals surface area contributed by atoms with E-state index in [4.69, 9.17) is 4.74 Å². The van der Waals surface area contributed by atoms with E-state index in [0.29, 0.717) is 17.9 Å². The molecular weight excluding hydrogens is 548 g/mol. The molecule has 1 saturated heterocycles. The lowest BCUT2D eigenvalue weighted by Crippen LogP contribution is -2.53. The normalized spacial score (nSPS) is 24.0. The molecule has 2 aromatic carbocycles. The first kappa shape index (κ1) is 35.0. The van der Waals surface area contributed by atoms with E-state index >= 15 is 0 Å². The summed E-state index contributed by atoms with van der Waals surface area (Å²) in [6.07, 6.45) is 9.62. The summed E-state index contributed by atoms with van der Waals surface area (Å²) in [5, 5.41) is 21.2. The van der Waals surface area contributed by atoms with Gasteiger partial charge in [0.05, 0.1) is 18.2 Å². The Morgan fingerprint density at radius 3 is 2.02 bits per heavy atom. The van der Waals surface area contributed by atoms with Crippen LogP contribution >= 0.6 is 0 Å². The Balaban J connectivity index is 0.000000248. The van der Waals surface area contributed by atoms with Gasteiger partial charge in [-0.15, -0.1) is 0 Å². The molecule has 5 nitrogen and oxygen atoms in total. The second-order valence-electron chi connectivity index (χ2n) is 13.4. The van der Waals surface area contributed by atoms with E-state index < -0.39 is 29.9 Å². The number of benzene rings is 2. The maximum atomic E-state index is 13.6. The molecule has 1 aliphatic heterocycles. The molecule has 1 aliphatic carbocycles. The minimum Gasteiger partial charge on any atom is -0.444 e. The minimum atomic E-state index is -0.928. The van der Waals surface area contributed by atoms with Gasteiger partial charge in [-0.25, -0.2) is 13.6 Å². The predicted molar refractivity (Wildman–Crippen MR) is 167 cm³/mol. The largest absolute Gasteiger partial charge is 0.444 e. The first-order valence-corrected chi connectivity index (χ1v) is 16.3. The molecule has 1 heterocycles. The number of aliphatic hydroxyl groups is 2. The quantitative estimate of drug-likeness (QED) is 0.316. The monoisotopic (exact) mass is 601 g/mol. The summed E-state index contributed by atoms with van der Waals surface area (Å²) in [5.74, 6) is 0.405. The van der Waals surface area contributed by atoms with E-state index in [1.807, 2.05) is 26.8 Å². The van der Waals surface area contributed by atoms with Gasteiger partial charge in [-0.2, -0.15) is 0 Å². The van der Waals surface area contributed by atoms with Crippen LogP contribution in [0.5, 0.6) is 0 Å². The fourth-order valence-electron chi connectivity index (χ4n) is 6.80. The molecule has 2 N–H and O–H groups in total. The van der Waals surface area contributed by atoms with Gasteiger partial charge in [-0.1, -0.05) is 70.2 Å². The average Bonchev–Trinajstić information content (AvgIpc) is 2.96. The van der Waals surface area contributed by atoms with Crippen molar-refractivity contribution >= 4 is 6.09 Å². The van der Waals surface area contributed by atoms with Crippen molar-refractivity contribution in [2.45, 2.75) is 135 Å². The Morgan fingerprint density at radius 1 is 0.884 bits per heavy atom. The molecule has 0 unspecified atom stereocenters. The van der Waals surface area contributed by atoms with Crippen molar-refractivity contribution in [2.24, 2.45) is 11.8 Å². The number of nitrogens with zero attached hydrogens (tertiary/aromatic N) is 1. The lowest BCUT2D eigenvalue weighted by molar-refractivity contribution is -0.0368. The van der Waals surface area contributed by atoms with Gasteiger partial charge in [0.2, 0.25) is 0 Å². The molecule has 240 valence electrons. The number of rotatable bonds is 8. The summed E-state index contributed by atoms with van der Waals surface area (Å²) in [6.45, 7) is 9.80. The number of ether oxygens (including phenoxy) is 1. The number of likely N-dealkylation sites (tertiary alicyclic amines) is 1. The molecule has 7 heteroatoms. The molecule has 2 aliphatic rings. The Labute approximate surface area is 257 Å². The van der Waals surface area contributed by atoms with E-state index in [2.05, 4.69) is 13.8 Å². The number of carbonyl (C=O) groups is 1. The first-order chi connectivity index (χ1) is 20.4. The molecule has 6 atom stereocenters. The van der Waals surface area contributed by atoms with Crippen molar-refractivity contribution in [3.05, 3.63) is 71.3 Å². The van der Waals surface area contributed by atoms with Crippen LogP contribution in [0.1, 0.15) is 129 Å². The van der Waals surface area contributed by atoms with Gasteiger partial charge in [0, 0.05) is 6.04 Å². The molecule has 1 saturated carbocycles. The molecule has 0 spiro atoms. The molecule has 2 fully saturated rings. The summed E-state index contributed by atoms with van der Waals surface area (Å²) >= 11 is 0. The molecule has 0 bridgehead atoms. The topological polar surface area (TPSA) is 70.0 Å². The van der Waals surface area contributed by atoms with Crippen molar-refractivity contribution in [3.63, 3.8) is 0 Å². The van der Waals surface area contributed by atoms with Gasteiger partial charge >= 0.3 is 6.09 Å². The highest BCUT2D eigenvalue weighted by molar-refractivity contribution is 5.69. The zero-order valence-electron chi connectivity index (χ0n) is 26.8. The number of carbonyl (C=O) groups excluding carboxylic acids is 1. The van der Waals surface area contributed by atoms with Gasteiger partial charge in [0.25, 0.3) is 0 Å². The van der Waals surface area contributed by atoms with E-state index in [0.717, 1.165) is 50.0 Å². The zero-order chi connectivity index (χ0) is 31.6. The van der Waals surface area contributed by atoms with Crippen LogP contribution in [0.2, 0.25) is 0 Å². The van der Waals surface area contributed by atoms with Crippen LogP contribution in [0.15, 0.2) is 48.5 Å². The van der Waals surface area contributed by atoms with E-state index in [9.17, 15) is 23.8 Å². The van der Waals surface area contributed by atoms with Gasteiger partial charge < -0.3 is 14.9 Å². The smallest absolute Gasteiger partial charge is 0.410 e. The predicted octanol–water partition coefficient (Wildman–Crippen LogP) is 9.28. The molecular formula is C36H53F2NO4. The fourth-order valence-corrected chi connectivity index (χ4v) is 6.80. The maximum Gasteiger partial charge on any atom is 0.410 e. The van der Waals surface area contributed by atoms with E-state index in [1.54, 1.807) is 23.1 Å². The van der Waals surface area contributed by atoms with Crippen molar-refractivity contribution in [1.82, 2.24) is 4.90 Å². The van der Waals surface area contributed by atoms with Crippen molar-refractivity contribution in [3.8, 4) is 0 Å². The second kappa shape index (κ2) is 16.5. The van der Waals surface area contributed by atoms with Crippen LogP contribution in [0.3, 0.4) is 0 Å². The van der Waals surface area contributed by atoms with Crippen molar-refractivity contribution in [1.29, 1.82) is 0 Å². The Bertz CT molecular complexity index is 1130. The standard InChI is InChI=1S/C20H30FNO3.C16H23FO/c1-5-8-16-11-7-12-17(22(16)19(24)25-20(2,3)4)18(23)14-9-6-10-15(21)13-14;1-2-5-12-6-3-7-13(10-12)16(18)14-8-4-9-15(17)11-14/h6,9-10,13,16-18,23H,5,7-8,11-12H2,1-4H3;4,8-9,11-13,16,18H,2-3,5-7,10H2,1H3/t16-,17-,18-;12-,13+,16+/m11/s1. The van der Waals surface area contributed by atoms with Crippen LogP contribution in [0, 0.1) is 23.5 Å². The number of piperidine rings is 1. The summed E-state index contributed by atoms with van der Waals surface area (Å²) in [4.78, 5) is 14.5. The third-order valence-electron chi connectivity index (χ3n) is 8.73. The summed E-state index contributed by atoms with van der Waals surface area (Å²) in [5.41, 5.74) is 0.632. The van der Waals surface area contributed by atoms with Crippen LogP contribution < -0.4 is 0 Å². The molecule has 0 aromatic heterocycles. The summed E-state index contributed by atoms with van der Waals surface area (Å²) in [7, 11) is 0. The van der Waals surface area contributed by atoms with Gasteiger partial charge in [-0.3, -0.25) is 4.90 Å². The number of hydrogen-bond acceptors (Lipinski definition) is 4. The Hall–Kier alpha value is -2.51. The minimum absolute atomic E-state index is 0.0433. The van der Waals surface area contributed by atoms with Crippen LogP contribution in [-0.4, -0.2) is 38.9 Å². The third kappa shape index (κ3) is 10.6. The first-order valence-electron chi connectivity index (χ1n) is 16.3. The highest BCUT2D eigenvalue weighted by Crippen LogP contribution is 2.39. The average molecular weight is 602 g/mol. The third-order valence-corrected chi connectivity index (χ3v) is 8.73. The Morgan fingerprint density at radius 2 is 1.47 bits per heavy atom. The van der Waals surface area contributed by atoms with Gasteiger partial charge in [0.15, 0.2) is 0 Å². The summed E-state index contributed by atoms with van der Waals surface area (Å²) in [6, 6.07) is 12.0. The van der Waals surface area contributed by atoms with Gasteiger partial charge in [0.1, 0.15) is 17.2 Å². The molecule has 1 amide bonds. The van der Waals surface area contributed by atoms with Crippen LogP contribution in [0.4, 0.5) is 13.6 Å². The number of amides is 1. The zero-order valence-corrected chi connectivity index (χ0v) is 26.8. The maximum absolute atomic E-state index is 13.6. The number of halogens is 2. The van der Waals surface area contributed by atoms with E-state index in [-0.39, 0.29) is 17.7 Å². The van der Waals surface area contributed by atoms with Crippen LogP contribution in [-0.2, 0) is 4.74 Å².